The van der Waals surface area contributed by atoms with Crippen molar-refractivity contribution in [1.82, 2.24) is 0 Å². The van der Waals surface area contributed by atoms with Crippen molar-refractivity contribution in [3.8, 4) is 11.1 Å². The predicted octanol–water partition coefficient (Wildman–Crippen LogP) is 4.84. The smallest absolute Gasteiger partial charge is 0.324 e. The molecule has 2 aromatic carbocycles. The average molecular weight is 385 g/mol. The number of amides is 1. The van der Waals surface area contributed by atoms with Gasteiger partial charge in [-0.15, -0.1) is 0 Å². The summed E-state index contributed by atoms with van der Waals surface area (Å²) in [7, 11) is 0. The van der Waals surface area contributed by atoms with E-state index < -0.39 is 17.5 Å². The third-order valence-electron chi connectivity index (χ3n) is 3.79. The average Bonchev–Trinajstić information content (AvgIpc) is 3.16. The van der Waals surface area contributed by atoms with E-state index in [-0.39, 0.29) is 5.00 Å². The van der Waals surface area contributed by atoms with E-state index in [4.69, 9.17) is 0 Å². The molecule has 1 amide bonds. The molecular weight excluding hydrogens is 369 g/mol. The lowest BCUT2D eigenvalue weighted by Gasteiger charge is -2.12. The molecule has 1 aromatic heterocycles. The van der Waals surface area contributed by atoms with Crippen molar-refractivity contribution in [3.05, 3.63) is 75.7 Å². The molecule has 0 saturated carbocycles. The topological polar surface area (TPSA) is 84.3 Å². The standard InChI is InChI=1S/C19H16FN3O3S/c20-11-18(24)22-17-7-2-1-6-16(17)13-4-3-5-14(10-13)21-12-15-8-9-19(27-15)23(25)26/h1-10,21H,11-12H2,(H,22,24). The number of thiophene rings is 1. The van der Waals surface area contributed by atoms with E-state index in [1.165, 1.54) is 6.07 Å². The van der Waals surface area contributed by atoms with Gasteiger partial charge in [0.05, 0.1) is 4.92 Å². The molecule has 0 radical (unpaired) electrons. The van der Waals surface area contributed by atoms with Crippen molar-refractivity contribution in [2.24, 2.45) is 0 Å². The first kappa shape index (κ1) is 18.5. The summed E-state index contributed by atoms with van der Waals surface area (Å²) < 4.78 is 12.5. The van der Waals surface area contributed by atoms with Crippen LogP contribution < -0.4 is 10.6 Å². The Balaban J connectivity index is 1.77. The van der Waals surface area contributed by atoms with E-state index in [1.54, 1.807) is 18.2 Å². The molecule has 0 saturated heterocycles. The van der Waals surface area contributed by atoms with Crippen molar-refractivity contribution < 1.29 is 14.1 Å². The molecule has 0 aliphatic carbocycles. The highest BCUT2D eigenvalue weighted by Crippen LogP contribution is 2.30. The number of benzene rings is 2. The fourth-order valence-electron chi connectivity index (χ4n) is 2.57. The summed E-state index contributed by atoms with van der Waals surface area (Å²) >= 11 is 1.13. The molecule has 6 nitrogen and oxygen atoms in total. The maximum atomic E-state index is 12.5. The molecule has 0 aliphatic rings. The molecule has 27 heavy (non-hydrogen) atoms. The van der Waals surface area contributed by atoms with Crippen LogP contribution in [-0.4, -0.2) is 17.5 Å². The minimum absolute atomic E-state index is 0.109. The third kappa shape index (κ3) is 4.68. The Kier molecular flexibility index (Phi) is 5.77. The molecule has 1 heterocycles. The Labute approximate surface area is 158 Å². The second-order valence-corrected chi connectivity index (χ2v) is 6.81. The zero-order valence-corrected chi connectivity index (χ0v) is 15.0. The second kappa shape index (κ2) is 8.41. The molecule has 0 bridgehead atoms. The van der Waals surface area contributed by atoms with Crippen LogP contribution >= 0.6 is 11.3 Å². The molecule has 0 fully saturated rings. The van der Waals surface area contributed by atoms with Gasteiger partial charge in [0.25, 0.3) is 5.91 Å². The maximum Gasteiger partial charge on any atom is 0.324 e. The number of nitrogens with one attached hydrogen (secondary N) is 2. The summed E-state index contributed by atoms with van der Waals surface area (Å²) in [6.07, 6.45) is 0. The van der Waals surface area contributed by atoms with Crippen LogP contribution in [-0.2, 0) is 11.3 Å². The van der Waals surface area contributed by atoms with Crippen LogP contribution in [0.4, 0.5) is 20.8 Å². The van der Waals surface area contributed by atoms with E-state index in [1.807, 2.05) is 36.4 Å². The first-order chi connectivity index (χ1) is 13.1. The van der Waals surface area contributed by atoms with Gasteiger partial charge in [0.1, 0.15) is 0 Å². The van der Waals surface area contributed by atoms with Crippen molar-refractivity contribution >= 4 is 33.6 Å². The number of halogens is 1. The molecular formula is C19H16FN3O3S. The van der Waals surface area contributed by atoms with E-state index in [2.05, 4.69) is 10.6 Å². The van der Waals surface area contributed by atoms with Crippen LogP contribution in [0.25, 0.3) is 11.1 Å². The van der Waals surface area contributed by atoms with Crippen LogP contribution in [0.15, 0.2) is 60.7 Å². The van der Waals surface area contributed by atoms with Gasteiger partial charge >= 0.3 is 5.00 Å². The van der Waals surface area contributed by atoms with Gasteiger partial charge in [-0.1, -0.05) is 41.7 Å². The molecule has 138 valence electrons. The fraction of sp³-hybridized carbons (Fsp3) is 0.105. The van der Waals surface area contributed by atoms with Crippen molar-refractivity contribution in [2.45, 2.75) is 6.54 Å². The lowest BCUT2D eigenvalue weighted by Crippen LogP contribution is -2.13. The predicted molar refractivity (Wildman–Crippen MR) is 105 cm³/mol. The van der Waals surface area contributed by atoms with E-state index in [0.717, 1.165) is 33.0 Å². The number of hydrogen-bond acceptors (Lipinski definition) is 5. The zero-order chi connectivity index (χ0) is 19.2. The number of hydrogen-bond donors (Lipinski definition) is 2. The van der Waals surface area contributed by atoms with Gasteiger partial charge in [-0.3, -0.25) is 14.9 Å². The highest BCUT2D eigenvalue weighted by Gasteiger charge is 2.10. The number of nitrogens with zero attached hydrogens (tertiary/aromatic N) is 1. The Morgan fingerprint density at radius 1 is 1.11 bits per heavy atom. The summed E-state index contributed by atoms with van der Waals surface area (Å²) in [5.74, 6) is -0.698. The van der Waals surface area contributed by atoms with Crippen LogP contribution in [0.3, 0.4) is 0 Å². The van der Waals surface area contributed by atoms with Gasteiger partial charge in [0.2, 0.25) is 0 Å². The van der Waals surface area contributed by atoms with Crippen LogP contribution in [0.1, 0.15) is 4.88 Å². The Bertz CT molecular complexity index is 974. The lowest BCUT2D eigenvalue weighted by molar-refractivity contribution is -0.380. The molecule has 0 atom stereocenters. The number of carbonyl (C=O) groups is 1. The van der Waals surface area contributed by atoms with E-state index in [0.29, 0.717) is 12.2 Å². The number of para-hydroxylation sites is 1. The molecule has 2 N–H and O–H groups in total. The monoisotopic (exact) mass is 385 g/mol. The molecule has 3 rings (SSSR count). The number of rotatable bonds is 7. The van der Waals surface area contributed by atoms with Gasteiger partial charge in [0, 0.05) is 34.4 Å². The number of anilines is 2. The Hall–Kier alpha value is -3.26. The maximum absolute atomic E-state index is 12.5. The normalized spacial score (nSPS) is 10.4. The molecule has 8 heteroatoms. The fourth-order valence-corrected chi connectivity index (χ4v) is 3.33. The Morgan fingerprint density at radius 2 is 1.93 bits per heavy atom. The molecule has 0 unspecified atom stereocenters. The summed E-state index contributed by atoms with van der Waals surface area (Å²) in [4.78, 5) is 22.6. The zero-order valence-electron chi connectivity index (χ0n) is 14.1. The highest BCUT2D eigenvalue weighted by molar-refractivity contribution is 7.15. The van der Waals surface area contributed by atoms with Gasteiger partial charge in [-0.25, -0.2) is 4.39 Å². The van der Waals surface area contributed by atoms with Gasteiger partial charge in [0.15, 0.2) is 6.67 Å². The number of alkyl halides is 1. The van der Waals surface area contributed by atoms with Crippen molar-refractivity contribution in [3.63, 3.8) is 0 Å². The summed E-state index contributed by atoms with van der Waals surface area (Å²) in [6, 6.07) is 17.9. The number of nitro groups is 1. The lowest BCUT2D eigenvalue weighted by atomic mass is 10.0. The SMILES string of the molecule is O=C(CF)Nc1ccccc1-c1cccc(NCc2ccc([N+](=O)[O-])s2)c1. The van der Waals surface area contributed by atoms with Crippen LogP contribution in [0, 0.1) is 10.1 Å². The number of carbonyl (C=O) groups excluding carboxylic acids is 1. The van der Waals surface area contributed by atoms with E-state index >= 15 is 0 Å². The van der Waals surface area contributed by atoms with Gasteiger partial charge < -0.3 is 10.6 Å². The molecule has 0 spiro atoms. The van der Waals surface area contributed by atoms with E-state index in [9.17, 15) is 19.3 Å². The summed E-state index contributed by atoms with van der Waals surface area (Å²) in [5, 5.41) is 16.7. The molecule has 3 aromatic rings. The van der Waals surface area contributed by atoms with Gasteiger partial charge in [-0.2, -0.15) is 0 Å². The van der Waals surface area contributed by atoms with Crippen molar-refractivity contribution in [2.75, 3.05) is 17.3 Å². The first-order valence-corrected chi connectivity index (χ1v) is 8.90. The minimum atomic E-state index is -1.08. The van der Waals surface area contributed by atoms with Crippen LogP contribution in [0.5, 0.6) is 0 Å². The molecule has 0 aliphatic heterocycles. The minimum Gasteiger partial charge on any atom is -0.380 e. The summed E-state index contributed by atoms with van der Waals surface area (Å²) in [5.41, 5.74) is 2.99. The van der Waals surface area contributed by atoms with Crippen molar-refractivity contribution in [1.29, 1.82) is 0 Å². The quantitative estimate of drug-likeness (QED) is 0.450. The largest absolute Gasteiger partial charge is 0.380 e. The van der Waals surface area contributed by atoms with Crippen LogP contribution in [0.2, 0.25) is 0 Å². The Morgan fingerprint density at radius 3 is 2.67 bits per heavy atom. The third-order valence-corrected chi connectivity index (χ3v) is 4.83. The highest BCUT2D eigenvalue weighted by atomic mass is 32.1. The first-order valence-electron chi connectivity index (χ1n) is 8.09. The summed E-state index contributed by atoms with van der Waals surface area (Å²) in [6.45, 7) is -0.620. The van der Waals surface area contributed by atoms with Gasteiger partial charge in [-0.05, 0) is 29.8 Å². The second-order valence-electron chi connectivity index (χ2n) is 5.66.